The van der Waals surface area contributed by atoms with Crippen molar-refractivity contribution in [3.63, 3.8) is 0 Å². The van der Waals surface area contributed by atoms with E-state index in [9.17, 15) is 4.39 Å². The van der Waals surface area contributed by atoms with Crippen LogP contribution in [-0.4, -0.2) is 14.8 Å². The van der Waals surface area contributed by atoms with Gasteiger partial charge in [0.1, 0.15) is 0 Å². The van der Waals surface area contributed by atoms with Gasteiger partial charge in [0.15, 0.2) is 17.8 Å². The van der Waals surface area contributed by atoms with Gasteiger partial charge in [0.2, 0.25) is 0 Å². The van der Waals surface area contributed by atoms with Crippen LogP contribution in [0.5, 0.6) is 0 Å². The maximum absolute atomic E-state index is 13.6. The predicted octanol–water partition coefficient (Wildman–Crippen LogP) is 2.26. The molecule has 1 aliphatic rings. The number of anilines is 1. The molecule has 1 aliphatic heterocycles. The van der Waals surface area contributed by atoms with Crippen LogP contribution < -0.4 is 5.73 Å². The topological polar surface area (TPSA) is 56.7 Å². The quantitative estimate of drug-likeness (QED) is 0.827. The molecule has 2 aromatic rings. The molecule has 0 fully saturated rings. The Kier molecular flexibility index (Phi) is 2.74. The van der Waals surface area contributed by atoms with Crippen LogP contribution in [0.3, 0.4) is 0 Å². The third-order valence-electron chi connectivity index (χ3n) is 3.19. The highest BCUT2D eigenvalue weighted by Crippen LogP contribution is 2.26. The monoisotopic (exact) mass is 246 g/mol. The minimum Gasteiger partial charge on any atom is -0.399 e. The summed E-state index contributed by atoms with van der Waals surface area (Å²) in [6.07, 6.45) is 1.04. The SMILES string of the molecule is Nc1ccc(Cc2nc3n(n2)CCCC3F)cc1. The molecule has 0 radical (unpaired) electrons. The van der Waals surface area contributed by atoms with E-state index >= 15 is 0 Å². The lowest BCUT2D eigenvalue weighted by Crippen LogP contribution is -2.14. The summed E-state index contributed by atoms with van der Waals surface area (Å²) in [6, 6.07) is 7.59. The minimum absolute atomic E-state index is 0.478. The number of fused-ring (bicyclic) bond motifs is 1. The van der Waals surface area contributed by atoms with Crippen molar-refractivity contribution in [3.05, 3.63) is 41.5 Å². The van der Waals surface area contributed by atoms with Crippen molar-refractivity contribution in [1.82, 2.24) is 14.8 Å². The molecule has 1 unspecified atom stereocenters. The van der Waals surface area contributed by atoms with Crippen molar-refractivity contribution >= 4 is 5.69 Å². The summed E-state index contributed by atoms with van der Waals surface area (Å²) in [5, 5.41) is 4.35. The van der Waals surface area contributed by atoms with Crippen LogP contribution in [0.25, 0.3) is 0 Å². The fourth-order valence-corrected chi connectivity index (χ4v) is 2.24. The van der Waals surface area contributed by atoms with Crippen LogP contribution in [0.2, 0.25) is 0 Å². The fraction of sp³-hybridized carbons (Fsp3) is 0.385. The molecule has 1 aromatic carbocycles. The van der Waals surface area contributed by atoms with Crippen molar-refractivity contribution in [2.24, 2.45) is 0 Å². The first-order chi connectivity index (χ1) is 8.72. The maximum atomic E-state index is 13.6. The van der Waals surface area contributed by atoms with Gasteiger partial charge >= 0.3 is 0 Å². The molecule has 0 spiro atoms. The number of aryl methyl sites for hydroxylation is 1. The standard InChI is InChI=1S/C13H15FN4/c14-11-2-1-7-18-13(11)16-12(17-18)8-9-3-5-10(15)6-4-9/h3-6,11H,1-2,7-8,15H2. The second-order valence-electron chi connectivity index (χ2n) is 4.64. The first kappa shape index (κ1) is 11.2. The largest absolute Gasteiger partial charge is 0.399 e. The lowest BCUT2D eigenvalue weighted by Gasteiger charge is -2.14. The van der Waals surface area contributed by atoms with Crippen molar-refractivity contribution in [2.45, 2.75) is 32.0 Å². The second-order valence-corrected chi connectivity index (χ2v) is 4.64. The van der Waals surface area contributed by atoms with Crippen molar-refractivity contribution in [3.8, 4) is 0 Å². The lowest BCUT2D eigenvalue weighted by molar-refractivity contribution is 0.252. The zero-order valence-corrected chi connectivity index (χ0v) is 10.0. The summed E-state index contributed by atoms with van der Waals surface area (Å²) in [5.74, 6) is 1.16. The zero-order valence-electron chi connectivity index (χ0n) is 10.0. The third-order valence-corrected chi connectivity index (χ3v) is 3.19. The molecule has 0 saturated heterocycles. The Balaban J connectivity index is 1.83. The average Bonchev–Trinajstić information content (AvgIpc) is 2.76. The van der Waals surface area contributed by atoms with Gasteiger partial charge in [-0.1, -0.05) is 12.1 Å². The molecular formula is C13H15FN4. The smallest absolute Gasteiger partial charge is 0.161 e. The summed E-state index contributed by atoms with van der Waals surface area (Å²) in [7, 11) is 0. The van der Waals surface area contributed by atoms with Gasteiger partial charge in [-0.2, -0.15) is 5.10 Å². The van der Waals surface area contributed by atoms with Crippen LogP contribution in [0.1, 0.15) is 36.2 Å². The molecule has 94 valence electrons. The summed E-state index contributed by atoms with van der Waals surface area (Å²) in [5.41, 5.74) is 7.45. The van der Waals surface area contributed by atoms with Crippen molar-refractivity contribution < 1.29 is 4.39 Å². The molecule has 18 heavy (non-hydrogen) atoms. The fourth-order valence-electron chi connectivity index (χ4n) is 2.24. The van der Waals surface area contributed by atoms with E-state index in [1.54, 1.807) is 4.68 Å². The van der Waals surface area contributed by atoms with Gasteiger partial charge < -0.3 is 5.73 Å². The Morgan fingerprint density at radius 3 is 2.83 bits per heavy atom. The van der Waals surface area contributed by atoms with E-state index in [0.29, 0.717) is 24.5 Å². The highest BCUT2D eigenvalue weighted by atomic mass is 19.1. The Morgan fingerprint density at radius 1 is 1.33 bits per heavy atom. The van der Waals surface area contributed by atoms with Gasteiger partial charge in [0.05, 0.1) is 0 Å². The zero-order chi connectivity index (χ0) is 12.5. The summed E-state index contributed by atoms with van der Waals surface area (Å²) in [4.78, 5) is 4.30. The first-order valence-electron chi connectivity index (χ1n) is 6.14. The van der Waals surface area contributed by atoms with Crippen LogP contribution in [0.4, 0.5) is 10.1 Å². The summed E-state index contributed by atoms with van der Waals surface area (Å²) >= 11 is 0. The van der Waals surface area contributed by atoms with Crippen LogP contribution in [-0.2, 0) is 13.0 Å². The molecule has 2 heterocycles. The van der Waals surface area contributed by atoms with E-state index in [0.717, 1.165) is 24.2 Å². The third kappa shape index (κ3) is 2.08. The number of halogens is 1. The van der Waals surface area contributed by atoms with Gasteiger partial charge in [-0.05, 0) is 30.5 Å². The van der Waals surface area contributed by atoms with Gasteiger partial charge in [0.25, 0.3) is 0 Å². The number of hydrogen-bond acceptors (Lipinski definition) is 3. The molecule has 5 heteroatoms. The average molecular weight is 246 g/mol. The number of benzene rings is 1. The Hall–Kier alpha value is -1.91. The lowest BCUT2D eigenvalue weighted by atomic mass is 10.1. The van der Waals surface area contributed by atoms with E-state index in [1.165, 1.54) is 0 Å². The van der Waals surface area contributed by atoms with E-state index < -0.39 is 6.17 Å². The van der Waals surface area contributed by atoms with Crippen LogP contribution >= 0.6 is 0 Å². The molecule has 0 aliphatic carbocycles. The van der Waals surface area contributed by atoms with Crippen LogP contribution in [0, 0.1) is 0 Å². The van der Waals surface area contributed by atoms with Crippen molar-refractivity contribution in [1.29, 1.82) is 0 Å². The number of nitrogens with two attached hydrogens (primary N) is 1. The van der Waals surface area contributed by atoms with Gasteiger partial charge in [-0.15, -0.1) is 0 Å². The van der Waals surface area contributed by atoms with E-state index in [-0.39, 0.29) is 0 Å². The number of aromatic nitrogens is 3. The van der Waals surface area contributed by atoms with Crippen molar-refractivity contribution in [2.75, 3.05) is 5.73 Å². The van der Waals surface area contributed by atoms with Gasteiger partial charge in [-0.3, -0.25) is 0 Å². The van der Waals surface area contributed by atoms with E-state index in [4.69, 9.17) is 5.73 Å². The molecule has 1 atom stereocenters. The Morgan fingerprint density at radius 2 is 2.11 bits per heavy atom. The number of nitrogens with zero attached hydrogens (tertiary/aromatic N) is 3. The van der Waals surface area contributed by atoms with E-state index in [2.05, 4.69) is 10.1 Å². The highest BCUT2D eigenvalue weighted by Gasteiger charge is 2.23. The minimum atomic E-state index is -0.966. The number of alkyl halides is 1. The van der Waals surface area contributed by atoms with Crippen LogP contribution in [0.15, 0.2) is 24.3 Å². The molecule has 0 saturated carbocycles. The van der Waals surface area contributed by atoms with Gasteiger partial charge in [0, 0.05) is 18.7 Å². The Labute approximate surface area is 105 Å². The normalized spacial score (nSPS) is 18.6. The number of rotatable bonds is 2. The van der Waals surface area contributed by atoms with E-state index in [1.807, 2.05) is 24.3 Å². The molecule has 1 aromatic heterocycles. The predicted molar refractivity (Wildman–Crippen MR) is 66.8 cm³/mol. The summed E-state index contributed by atoms with van der Waals surface area (Å²) in [6.45, 7) is 0.768. The number of nitrogen functional groups attached to an aromatic ring is 1. The molecule has 0 amide bonds. The summed E-state index contributed by atoms with van der Waals surface area (Å²) < 4.78 is 15.3. The van der Waals surface area contributed by atoms with Gasteiger partial charge in [-0.25, -0.2) is 14.1 Å². The molecule has 3 rings (SSSR count). The molecular weight excluding hydrogens is 231 g/mol. The maximum Gasteiger partial charge on any atom is 0.161 e. The number of hydrogen-bond donors (Lipinski definition) is 1. The molecule has 4 nitrogen and oxygen atoms in total. The molecule has 2 N–H and O–H groups in total. The first-order valence-corrected chi connectivity index (χ1v) is 6.14. The second kappa shape index (κ2) is 4.40. The molecule has 0 bridgehead atoms. The Bertz CT molecular complexity index is 547. The highest BCUT2D eigenvalue weighted by molar-refractivity contribution is 5.39.